The van der Waals surface area contributed by atoms with Crippen molar-refractivity contribution in [2.24, 2.45) is 7.05 Å². The van der Waals surface area contributed by atoms with Crippen LogP contribution in [0.5, 0.6) is 0 Å². The Labute approximate surface area is 183 Å². The van der Waals surface area contributed by atoms with E-state index >= 15 is 0 Å². The maximum absolute atomic E-state index is 13.0. The number of hydrogen-bond donors (Lipinski definition) is 2. The van der Waals surface area contributed by atoms with Crippen molar-refractivity contribution < 1.29 is 14.4 Å². The summed E-state index contributed by atoms with van der Waals surface area (Å²) in [5, 5.41) is 11.0. The smallest absolute Gasteiger partial charge is 0.274 e. The SMILES string of the molecule is Cn1nc(CC(=O)Nc2ccc3c(c2)C(=O)N2CCC[C@@H]2C(=O)N3)c2ccccc2c1=O. The van der Waals surface area contributed by atoms with Gasteiger partial charge in [0.15, 0.2) is 0 Å². The zero-order chi connectivity index (χ0) is 22.4. The van der Waals surface area contributed by atoms with Gasteiger partial charge in [-0.1, -0.05) is 18.2 Å². The number of amides is 3. The molecule has 3 amide bonds. The summed E-state index contributed by atoms with van der Waals surface area (Å²) in [6.45, 7) is 0.540. The molecular weight excluding hydrogens is 410 g/mol. The Kier molecular flexibility index (Phi) is 4.73. The predicted octanol–water partition coefficient (Wildman–Crippen LogP) is 1.67. The Hall–Kier alpha value is -4.01. The molecule has 0 aliphatic carbocycles. The average molecular weight is 431 g/mol. The van der Waals surface area contributed by atoms with Crippen LogP contribution in [0.25, 0.3) is 10.8 Å². The maximum Gasteiger partial charge on any atom is 0.274 e. The number of aryl methyl sites for hydroxylation is 1. The fraction of sp³-hybridized carbons (Fsp3) is 0.261. The fourth-order valence-corrected chi connectivity index (χ4v) is 4.42. The van der Waals surface area contributed by atoms with Gasteiger partial charge in [-0.25, -0.2) is 4.68 Å². The second-order valence-electron chi connectivity index (χ2n) is 8.05. The van der Waals surface area contributed by atoms with E-state index in [1.807, 2.05) is 0 Å². The summed E-state index contributed by atoms with van der Waals surface area (Å²) in [6.07, 6.45) is 1.40. The molecule has 0 saturated carbocycles. The van der Waals surface area contributed by atoms with Crippen molar-refractivity contribution in [3.05, 3.63) is 64.1 Å². The van der Waals surface area contributed by atoms with Crippen molar-refractivity contribution in [3.63, 3.8) is 0 Å². The molecule has 0 spiro atoms. The first-order chi connectivity index (χ1) is 15.4. The molecule has 1 atom stereocenters. The standard InChI is InChI=1S/C23H21N5O4/c1-27-22(31)15-6-3-2-5-14(15)18(26-27)12-20(29)24-13-8-9-17-16(11-13)23(32)28-10-4-7-19(28)21(30)25-17/h2-3,5-6,8-9,11,19H,4,7,10,12H2,1H3,(H,24,29)(H,25,30)/t19-/m1/s1. The van der Waals surface area contributed by atoms with Crippen molar-refractivity contribution in [2.45, 2.75) is 25.3 Å². The van der Waals surface area contributed by atoms with E-state index < -0.39 is 6.04 Å². The second kappa shape index (κ2) is 7.60. The molecule has 3 aromatic rings. The number of carbonyl (C=O) groups excluding carboxylic acids is 3. The number of nitrogens with one attached hydrogen (secondary N) is 2. The molecule has 162 valence electrons. The van der Waals surface area contributed by atoms with E-state index in [1.54, 1.807) is 54.4 Å². The van der Waals surface area contributed by atoms with E-state index in [0.29, 0.717) is 46.4 Å². The van der Waals surface area contributed by atoms with Gasteiger partial charge in [0, 0.05) is 24.7 Å². The topological polar surface area (TPSA) is 113 Å². The molecule has 1 saturated heterocycles. The van der Waals surface area contributed by atoms with Gasteiger partial charge in [-0.3, -0.25) is 19.2 Å². The van der Waals surface area contributed by atoms with Crippen LogP contribution in [0.15, 0.2) is 47.3 Å². The minimum Gasteiger partial charge on any atom is -0.327 e. The largest absolute Gasteiger partial charge is 0.327 e. The highest BCUT2D eigenvalue weighted by atomic mass is 16.2. The van der Waals surface area contributed by atoms with Crippen molar-refractivity contribution in [1.29, 1.82) is 0 Å². The van der Waals surface area contributed by atoms with Crippen LogP contribution in [-0.2, 0) is 23.1 Å². The summed E-state index contributed by atoms with van der Waals surface area (Å²) in [4.78, 5) is 52.1. The molecular formula is C23H21N5O4. The third kappa shape index (κ3) is 3.31. The summed E-state index contributed by atoms with van der Waals surface area (Å²) < 4.78 is 1.22. The second-order valence-corrected chi connectivity index (χ2v) is 8.05. The molecule has 1 aromatic heterocycles. The highest BCUT2D eigenvalue weighted by molar-refractivity contribution is 6.11. The number of aromatic nitrogens is 2. The van der Waals surface area contributed by atoms with Crippen LogP contribution in [0.3, 0.4) is 0 Å². The number of carbonyl (C=O) groups is 3. The zero-order valence-electron chi connectivity index (χ0n) is 17.4. The summed E-state index contributed by atoms with van der Waals surface area (Å²) in [7, 11) is 1.55. The number of fused-ring (bicyclic) bond motifs is 3. The van der Waals surface area contributed by atoms with Gasteiger partial charge in [-0.15, -0.1) is 0 Å². The lowest BCUT2D eigenvalue weighted by Gasteiger charge is -2.20. The van der Waals surface area contributed by atoms with Crippen LogP contribution >= 0.6 is 0 Å². The molecule has 32 heavy (non-hydrogen) atoms. The molecule has 5 rings (SSSR count). The van der Waals surface area contributed by atoms with Crippen LogP contribution in [-0.4, -0.2) is 45.0 Å². The Bertz CT molecular complexity index is 1350. The molecule has 9 nitrogen and oxygen atoms in total. The summed E-state index contributed by atoms with van der Waals surface area (Å²) in [5.74, 6) is -0.730. The lowest BCUT2D eigenvalue weighted by Crippen LogP contribution is -2.40. The predicted molar refractivity (Wildman–Crippen MR) is 118 cm³/mol. The highest BCUT2D eigenvalue weighted by Crippen LogP contribution is 2.30. The molecule has 2 aliphatic heterocycles. The molecule has 3 heterocycles. The molecule has 0 bridgehead atoms. The Morgan fingerprint density at radius 3 is 2.75 bits per heavy atom. The van der Waals surface area contributed by atoms with Gasteiger partial charge in [-0.05, 0) is 37.1 Å². The normalized spacial score (nSPS) is 17.5. The fourth-order valence-electron chi connectivity index (χ4n) is 4.42. The summed E-state index contributed by atoms with van der Waals surface area (Å²) in [5.41, 5.74) is 1.50. The van der Waals surface area contributed by atoms with Gasteiger partial charge in [0.2, 0.25) is 11.8 Å². The van der Waals surface area contributed by atoms with Crippen LogP contribution < -0.4 is 16.2 Å². The van der Waals surface area contributed by atoms with Gasteiger partial charge in [0.1, 0.15) is 6.04 Å². The van der Waals surface area contributed by atoms with Crippen LogP contribution in [0.4, 0.5) is 11.4 Å². The number of benzene rings is 2. The lowest BCUT2D eigenvalue weighted by molar-refractivity contribution is -0.119. The average Bonchev–Trinajstić information content (AvgIpc) is 3.25. The van der Waals surface area contributed by atoms with Gasteiger partial charge in [0.05, 0.1) is 28.8 Å². The van der Waals surface area contributed by atoms with Gasteiger partial charge < -0.3 is 15.5 Å². The molecule has 1 fully saturated rings. The Balaban J connectivity index is 1.41. The molecule has 0 radical (unpaired) electrons. The minimum absolute atomic E-state index is 0.0371. The van der Waals surface area contributed by atoms with E-state index in [0.717, 1.165) is 6.42 Å². The quantitative estimate of drug-likeness (QED) is 0.655. The van der Waals surface area contributed by atoms with Crippen molar-refractivity contribution in [3.8, 4) is 0 Å². The Morgan fingerprint density at radius 1 is 1.16 bits per heavy atom. The lowest BCUT2D eigenvalue weighted by atomic mass is 10.1. The van der Waals surface area contributed by atoms with E-state index in [4.69, 9.17) is 0 Å². The maximum atomic E-state index is 13.0. The van der Waals surface area contributed by atoms with E-state index in [2.05, 4.69) is 15.7 Å². The third-order valence-electron chi connectivity index (χ3n) is 5.97. The summed E-state index contributed by atoms with van der Waals surface area (Å²) in [6, 6.07) is 11.4. The van der Waals surface area contributed by atoms with Crippen LogP contribution in [0.1, 0.15) is 28.9 Å². The van der Waals surface area contributed by atoms with Crippen LogP contribution in [0, 0.1) is 0 Å². The first kappa shape index (κ1) is 19.9. The zero-order valence-corrected chi connectivity index (χ0v) is 17.4. The monoisotopic (exact) mass is 431 g/mol. The third-order valence-corrected chi connectivity index (χ3v) is 5.97. The highest BCUT2D eigenvalue weighted by Gasteiger charge is 2.38. The van der Waals surface area contributed by atoms with Crippen molar-refractivity contribution in [1.82, 2.24) is 14.7 Å². The minimum atomic E-state index is -0.447. The first-order valence-corrected chi connectivity index (χ1v) is 10.4. The molecule has 9 heteroatoms. The molecule has 2 N–H and O–H groups in total. The van der Waals surface area contributed by atoms with E-state index in [1.165, 1.54) is 4.68 Å². The number of rotatable bonds is 3. The number of hydrogen-bond acceptors (Lipinski definition) is 5. The van der Waals surface area contributed by atoms with Gasteiger partial charge in [0.25, 0.3) is 11.5 Å². The van der Waals surface area contributed by atoms with Crippen LogP contribution in [0.2, 0.25) is 0 Å². The van der Waals surface area contributed by atoms with E-state index in [-0.39, 0.29) is 29.7 Å². The molecule has 2 aliphatic rings. The first-order valence-electron chi connectivity index (χ1n) is 10.4. The number of anilines is 2. The molecule has 2 aromatic carbocycles. The molecule has 0 unspecified atom stereocenters. The van der Waals surface area contributed by atoms with Crippen molar-refractivity contribution >= 4 is 39.9 Å². The van der Waals surface area contributed by atoms with Gasteiger partial charge in [-0.2, -0.15) is 5.10 Å². The number of nitrogens with zero attached hydrogens (tertiary/aromatic N) is 3. The van der Waals surface area contributed by atoms with Crippen molar-refractivity contribution in [2.75, 3.05) is 17.2 Å². The Morgan fingerprint density at radius 2 is 1.94 bits per heavy atom. The van der Waals surface area contributed by atoms with Gasteiger partial charge >= 0.3 is 0 Å². The van der Waals surface area contributed by atoms with E-state index in [9.17, 15) is 19.2 Å². The summed E-state index contributed by atoms with van der Waals surface area (Å²) >= 11 is 0.